The predicted molar refractivity (Wildman–Crippen MR) is 186 cm³/mol. The molecule has 44 heavy (non-hydrogen) atoms. The average Bonchev–Trinajstić information content (AvgIpc) is 3.00. The maximum atomic E-state index is 11.7. The van der Waals surface area contributed by atoms with Crippen LogP contribution in [0.25, 0.3) is 0 Å². The molecule has 0 spiro atoms. The molecule has 0 rings (SSSR count). The van der Waals surface area contributed by atoms with Gasteiger partial charge in [0, 0.05) is 11.9 Å². The summed E-state index contributed by atoms with van der Waals surface area (Å²) in [5, 5.41) is 34.2. The van der Waals surface area contributed by atoms with Crippen molar-refractivity contribution in [3.8, 4) is 0 Å². The molecule has 0 amide bonds. The van der Waals surface area contributed by atoms with Crippen LogP contribution < -0.4 is 10.2 Å². The number of rotatable bonds is 33. The number of carboxylic acids is 2. The third-order valence-electron chi connectivity index (χ3n) is 8.89. The molecular weight excluding hydrogens is 655 g/mol. The van der Waals surface area contributed by atoms with Crippen LogP contribution in [0.4, 0.5) is 0 Å². The molecule has 2 unspecified atom stereocenters. The standard InChI is InChI=1S/C30H58O5.2C4H9.Sn/c1-3-5-7-9-11-13-15-17-19-21-23-25-27(28(31)32)30(35,29(33)34)26-24-22-20-18-16-14-12-10-8-6-4-2;2*1-3-4-2;/h27,35H,3-26H2,1-2H3,(H,31,32)(H,33,34);2*1,3-4H2,2H3;/q;;;+2/p-2. The number of carbonyl (C=O) groups excluding carboxylic acids is 2. The van der Waals surface area contributed by atoms with Crippen LogP contribution >= 0.6 is 0 Å². The van der Waals surface area contributed by atoms with Crippen molar-refractivity contribution in [1.29, 1.82) is 0 Å². The molecule has 0 aromatic carbocycles. The van der Waals surface area contributed by atoms with Gasteiger partial charge in [-0.15, -0.1) is 0 Å². The summed E-state index contributed by atoms with van der Waals surface area (Å²) >= 11 is 0.149. The Bertz CT molecular complexity index is 608. The minimum absolute atomic E-state index is 0.0803. The van der Waals surface area contributed by atoms with Crippen molar-refractivity contribution in [2.75, 3.05) is 0 Å². The van der Waals surface area contributed by atoms with Crippen molar-refractivity contribution < 1.29 is 24.9 Å². The number of carboxylic acid groups (broad SMARTS) is 2. The Morgan fingerprint density at radius 1 is 0.523 bits per heavy atom. The third kappa shape index (κ3) is 29.1. The van der Waals surface area contributed by atoms with E-state index in [4.69, 9.17) is 0 Å². The molecule has 0 bridgehead atoms. The summed E-state index contributed by atoms with van der Waals surface area (Å²) in [4.78, 5) is 23.4. The Balaban J connectivity index is 0. The van der Waals surface area contributed by atoms with Crippen molar-refractivity contribution >= 4 is 33.1 Å². The fourth-order valence-corrected chi connectivity index (χ4v) is 9.93. The molecule has 0 radical (unpaired) electrons. The van der Waals surface area contributed by atoms with Gasteiger partial charge < -0.3 is 24.9 Å². The molecule has 0 aliphatic carbocycles. The van der Waals surface area contributed by atoms with E-state index in [-0.39, 0.29) is 34.0 Å². The summed E-state index contributed by atoms with van der Waals surface area (Å²) in [5.41, 5.74) is -2.34. The van der Waals surface area contributed by atoms with Gasteiger partial charge in [-0.3, -0.25) is 0 Å². The number of aliphatic hydroxyl groups is 1. The zero-order valence-corrected chi connectivity index (χ0v) is 32.7. The van der Waals surface area contributed by atoms with Crippen LogP contribution in [0.2, 0.25) is 8.87 Å². The van der Waals surface area contributed by atoms with Crippen molar-refractivity contribution in [1.82, 2.24) is 0 Å². The van der Waals surface area contributed by atoms with Gasteiger partial charge in [0.15, 0.2) is 0 Å². The van der Waals surface area contributed by atoms with Gasteiger partial charge in [-0.2, -0.15) is 0 Å². The molecule has 0 saturated carbocycles. The summed E-state index contributed by atoms with van der Waals surface area (Å²) < 4.78 is 3.25. The van der Waals surface area contributed by atoms with Gasteiger partial charge in [0.1, 0.15) is 5.60 Å². The van der Waals surface area contributed by atoms with Crippen molar-refractivity contribution in [3.63, 3.8) is 0 Å². The molecule has 0 heterocycles. The Labute approximate surface area is 284 Å². The number of hydrogen-bond donors (Lipinski definition) is 1. The van der Waals surface area contributed by atoms with Gasteiger partial charge in [-0.05, 0) is 12.8 Å². The SMILES string of the molecule is CCCCCCCCCCCCCC(C(=O)[O-])C(O)(CCCCCCCCCCCCC)C(=O)[O-].CCC[CH2][Sn+2][CH2]CCC. The molecule has 0 fully saturated rings. The molecule has 0 aliphatic heterocycles. The van der Waals surface area contributed by atoms with E-state index in [1.54, 1.807) is 8.87 Å². The zero-order valence-electron chi connectivity index (χ0n) is 29.9. The second kappa shape index (κ2) is 35.6. The normalized spacial score (nSPS) is 13.0. The Morgan fingerprint density at radius 3 is 1.16 bits per heavy atom. The van der Waals surface area contributed by atoms with E-state index in [0.717, 1.165) is 38.5 Å². The first-order valence-corrected chi connectivity index (χ1v) is 23.2. The topological polar surface area (TPSA) is 100 Å². The minimum atomic E-state index is -2.34. The van der Waals surface area contributed by atoms with Gasteiger partial charge in [-0.25, -0.2) is 0 Å². The first-order chi connectivity index (χ1) is 21.3. The van der Waals surface area contributed by atoms with Crippen LogP contribution in [0, 0.1) is 5.92 Å². The predicted octanol–water partition coefficient (Wildman–Crippen LogP) is 9.36. The van der Waals surface area contributed by atoms with Gasteiger partial charge in [0.25, 0.3) is 0 Å². The van der Waals surface area contributed by atoms with E-state index in [1.165, 1.54) is 116 Å². The molecule has 0 aromatic heterocycles. The van der Waals surface area contributed by atoms with Crippen molar-refractivity contribution in [3.05, 3.63) is 0 Å². The average molecular weight is 730 g/mol. The molecule has 0 aliphatic rings. The van der Waals surface area contributed by atoms with Gasteiger partial charge >= 0.3 is 69.5 Å². The summed E-state index contributed by atoms with van der Waals surface area (Å²) in [6.45, 7) is 9.02. The van der Waals surface area contributed by atoms with Gasteiger partial charge in [0.2, 0.25) is 0 Å². The van der Waals surface area contributed by atoms with Crippen LogP contribution in [-0.2, 0) is 9.59 Å². The van der Waals surface area contributed by atoms with Crippen LogP contribution in [-0.4, -0.2) is 43.8 Å². The van der Waals surface area contributed by atoms with Gasteiger partial charge in [-0.1, -0.05) is 155 Å². The number of aliphatic carboxylic acids is 2. The fourth-order valence-electron chi connectivity index (χ4n) is 5.77. The zero-order chi connectivity index (χ0) is 33.2. The Morgan fingerprint density at radius 2 is 0.841 bits per heavy atom. The molecule has 2 atom stereocenters. The van der Waals surface area contributed by atoms with Crippen LogP contribution in [0.3, 0.4) is 0 Å². The van der Waals surface area contributed by atoms with Crippen molar-refractivity contribution in [2.24, 2.45) is 5.92 Å². The van der Waals surface area contributed by atoms with Gasteiger partial charge in [0.05, 0.1) is 5.97 Å². The maximum absolute atomic E-state index is 11.7. The summed E-state index contributed by atoms with van der Waals surface area (Å²) in [6, 6.07) is 0. The second-order valence-electron chi connectivity index (χ2n) is 13.2. The quantitative estimate of drug-likeness (QED) is 0.0536. The van der Waals surface area contributed by atoms with E-state index in [9.17, 15) is 24.9 Å². The molecule has 0 saturated heterocycles. The fraction of sp³-hybridized carbons (Fsp3) is 0.947. The molecule has 0 aromatic rings. The monoisotopic (exact) mass is 730 g/mol. The first-order valence-electron chi connectivity index (χ1n) is 19.2. The Kier molecular flexibility index (Phi) is 37.0. The van der Waals surface area contributed by atoms with E-state index < -0.39 is 23.5 Å². The number of unbranched alkanes of at least 4 members (excludes halogenated alkanes) is 22. The second-order valence-corrected chi connectivity index (χ2v) is 17.4. The van der Waals surface area contributed by atoms with E-state index in [1.807, 2.05) is 0 Å². The summed E-state index contributed by atoms with van der Waals surface area (Å²) in [7, 11) is 0. The van der Waals surface area contributed by atoms with Crippen LogP contribution in [0.1, 0.15) is 207 Å². The first kappa shape index (κ1) is 45.8. The Hall–Kier alpha value is -0.301. The number of carbonyl (C=O) groups is 2. The molecule has 6 heteroatoms. The van der Waals surface area contributed by atoms with E-state index in [0.29, 0.717) is 12.8 Å². The third-order valence-corrected chi connectivity index (χ3v) is 12.9. The summed E-state index contributed by atoms with van der Waals surface area (Å²) in [6.07, 6.45) is 30.6. The van der Waals surface area contributed by atoms with E-state index in [2.05, 4.69) is 27.7 Å². The van der Waals surface area contributed by atoms with Crippen molar-refractivity contribution in [2.45, 2.75) is 222 Å². The van der Waals surface area contributed by atoms with E-state index >= 15 is 0 Å². The van der Waals surface area contributed by atoms with Crippen LogP contribution in [0.15, 0.2) is 0 Å². The summed E-state index contributed by atoms with van der Waals surface area (Å²) in [5.74, 6) is -4.57. The molecule has 5 nitrogen and oxygen atoms in total. The van der Waals surface area contributed by atoms with Crippen LogP contribution in [0.5, 0.6) is 0 Å². The molecule has 1 N–H and O–H groups in total. The molecule has 260 valence electrons. The molecular formula is C38H74O5Sn. The number of hydrogen-bond acceptors (Lipinski definition) is 5.